The van der Waals surface area contributed by atoms with E-state index in [1.807, 2.05) is 13.0 Å². The third-order valence-electron chi connectivity index (χ3n) is 3.47. The highest BCUT2D eigenvalue weighted by molar-refractivity contribution is 5.48. The molecule has 16 heavy (non-hydrogen) atoms. The van der Waals surface area contributed by atoms with Gasteiger partial charge in [0, 0.05) is 17.5 Å². The lowest BCUT2D eigenvalue weighted by molar-refractivity contribution is 0.326. The van der Waals surface area contributed by atoms with E-state index in [9.17, 15) is 0 Å². The normalized spacial score (nSPS) is 23.8. The van der Waals surface area contributed by atoms with Gasteiger partial charge in [-0.15, -0.1) is 0 Å². The van der Waals surface area contributed by atoms with E-state index in [1.54, 1.807) is 14.2 Å². The highest BCUT2D eigenvalue weighted by atomic mass is 16.5. The Balaban J connectivity index is 2.41. The summed E-state index contributed by atoms with van der Waals surface area (Å²) in [4.78, 5) is 0. The van der Waals surface area contributed by atoms with E-state index < -0.39 is 0 Å². The van der Waals surface area contributed by atoms with Crippen molar-refractivity contribution in [3.05, 3.63) is 23.3 Å². The van der Waals surface area contributed by atoms with Crippen molar-refractivity contribution in [3.8, 4) is 11.5 Å². The predicted octanol–water partition coefficient (Wildman–Crippen LogP) is 2.22. The van der Waals surface area contributed by atoms with E-state index in [0.717, 1.165) is 29.9 Å². The number of hydrogen-bond acceptors (Lipinski definition) is 3. The van der Waals surface area contributed by atoms with Gasteiger partial charge >= 0.3 is 0 Å². The Hall–Kier alpha value is -1.22. The quantitative estimate of drug-likeness (QED) is 0.851. The second-order valence-electron chi connectivity index (χ2n) is 4.41. The summed E-state index contributed by atoms with van der Waals surface area (Å²) in [6, 6.07) is 4.36. The average molecular weight is 221 g/mol. The molecule has 2 rings (SSSR count). The van der Waals surface area contributed by atoms with Gasteiger partial charge in [0.05, 0.1) is 14.2 Å². The van der Waals surface area contributed by atoms with E-state index in [0.29, 0.717) is 5.92 Å². The fourth-order valence-electron chi connectivity index (χ4n) is 2.28. The maximum atomic E-state index is 6.01. The van der Waals surface area contributed by atoms with Gasteiger partial charge in [0.1, 0.15) is 11.5 Å². The molecular weight excluding hydrogens is 202 g/mol. The molecule has 3 heteroatoms. The van der Waals surface area contributed by atoms with Crippen molar-refractivity contribution >= 4 is 0 Å². The molecule has 2 N–H and O–H groups in total. The Bertz CT molecular complexity index is 390. The zero-order valence-corrected chi connectivity index (χ0v) is 10.1. The highest BCUT2D eigenvalue weighted by Gasteiger charge is 2.31. The molecule has 0 aliphatic heterocycles. The molecule has 1 aliphatic carbocycles. The summed E-state index contributed by atoms with van der Waals surface area (Å²) in [5.41, 5.74) is 8.29. The maximum absolute atomic E-state index is 6.01. The van der Waals surface area contributed by atoms with Gasteiger partial charge in [-0.1, -0.05) is 0 Å². The van der Waals surface area contributed by atoms with E-state index in [-0.39, 0.29) is 6.04 Å². The zero-order chi connectivity index (χ0) is 11.7. The van der Waals surface area contributed by atoms with Gasteiger partial charge in [0.25, 0.3) is 0 Å². The van der Waals surface area contributed by atoms with Crippen LogP contribution < -0.4 is 15.2 Å². The number of ether oxygens (including phenoxy) is 2. The molecule has 1 saturated carbocycles. The van der Waals surface area contributed by atoms with Crippen LogP contribution in [-0.4, -0.2) is 20.3 Å². The molecule has 0 amide bonds. The molecule has 0 heterocycles. The molecule has 0 radical (unpaired) electrons. The summed E-state index contributed by atoms with van der Waals surface area (Å²) in [5.74, 6) is 2.26. The highest BCUT2D eigenvalue weighted by Crippen LogP contribution is 2.42. The number of hydrogen-bond donors (Lipinski definition) is 1. The number of methoxy groups -OCH3 is 2. The third kappa shape index (κ3) is 1.76. The molecule has 0 aromatic heterocycles. The van der Waals surface area contributed by atoms with Gasteiger partial charge in [0.2, 0.25) is 0 Å². The van der Waals surface area contributed by atoms with Gasteiger partial charge in [-0.05, 0) is 37.5 Å². The minimum Gasteiger partial charge on any atom is -0.496 e. The summed E-state index contributed by atoms with van der Waals surface area (Å²) < 4.78 is 10.8. The molecule has 0 unspecified atom stereocenters. The number of nitrogens with two attached hydrogens (primary N) is 1. The average Bonchev–Trinajstić information content (AvgIpc) is 2.28. The first-order valence-corrected chi connectivity index (χ1v) is 5.65. The van der Waals surface area contributed by atoms with Crippen LogP contribution in [0, 0.1) is 6.92 Å². The van der Waals surface area contributed by atoms with Crippen LogP contribution in [0.1, 0.15) is 29.9 Å². The summed E-state index contributed by atoms with van der Waals surface area (Å²) in [6.07, 6.45) is 2.24. The van der Waals surface area contributed by atoms with Crippen LogP contribution in [0.4, 0.5) is 0 Å². The van der Waals surface area contributed by atoms with Crippen molar-refractivity contribution in [2.75, 3.05) is 14.2 Å². The minimum atomic E-state index is 0.265. The minimum absolute atomic E-state index is 0.265. The Morgan fingerprint density at radius 3 is 2.25 bits per heavy atom. The summed E-state index contributed by atoms with van der Waals surface area (Å²) in [5, 5.41) is 0. The Morgan fingerprint density at radius 1 is 1.12 bits per heavy atom. The molecule has 0 spiro atoms. The molecule has 1 fully saturated rings. The molecule has 1 aromatic carbocycles. The first kappa shape index (κ1) is 11.3. The van der Waals surface area contributed by atoms with E-state index in [2.05, 4.69) is 6.07 Å². The van der Waals surface area contributed by atoms with Crippen LogP contribution in [0.25, 0.3) is 0 Å². The van der Waals surface area contributed by atoms with Crippen LogP contribution in [0.3, 0.4) is 0 Å². The molecule has 2 atom stereocenters. The molecule has 0 bridgehead atoms. The molecule has 1 aromatic rings. The molecule has 1 aliphatic rings. The van der Waals surface area contributed by atoms with E-state index >= 15 is 0 Å². The number of rotatable bonds is 3. The van der Waals surface area contributed by atoms with Crippen molar-refractivity contribution < 1.29 is 9.47 Å². The van der Waals surface area contributed by atoms with Crippen LogP contribution in [0.2, 0.25) is 0 Å². The predicted molar refractivity (Wildman–Crippen MR) is 64.2 cm³/mol. The van der Waals surface area contributed by atoms with Crippen molar-refractivity contribution in [2.24, 2.45) is 5.73 Å². The van der Waals surface area contributed by atoms with Crippen LogP contribution in [-0.2, 0) is 0 Å². The van der Waals surface area contributed by atoms with Crippen molar-refractivity contribution in [1.29, 1.82) is 0 Å². The standard InChI is InChI=1S/C13H19NO2/c1-8-6-13(16-3)10(7-12(8)15-2)9-4-5-11(9)14/h6-7,9,11H,4-5,14H2,1-3H3/t9-,11+/m0/s1. The third-order valence-corrected chi connectivity index (χ3v) is 3.47. The van der Waals surface area contributed by atoms with Gasteiger partial charge in [-0.3, -0.25) is 0 Å². The maximum Gasteiger partial charge on any atom is 0.122 e. The fourth-order valence-corrected chi connectivity index (χ4v) is 2.28. The second kappa shape index (κ2) is 4.34. The van der Waals surface area contributed by atoms with Gasteiger partial charge in [0.15, 0.2) is 0 Å². The van der Waals surface area contributed by atoms with Crippen LogP contribution in [0.15, 0.2) is 12.1 Å². The SMILES string of the molecule is COc1cc([C@@H]2CC[C@H]2N)c(OC)cc1C. The monoisotopic (exact) mass is 221 g/mol. The first-order valence-electron chi connectivity index (χ1n) is 5.65. The second-order valence-corrected chi connectivity index (χ2v) is 4.41. The lowest BCUT2D eigenvalue weighted by atomic mass is 9.75. The fraction of sp³-hybridized carbons (Fsp3) is 0.538. The van der Waals surface area contributed by atoms with Crippen molar-refractivity contribution in [2.45, 2.75) is 31.7 Å². The smallest absolute Gasteiger partial charge is 0.122 e. The lowest BCUT2D eigenvalue weighted by Crippen LogP contribution is -2.37. The van der Waals surface area contributed by atoms with Crippen LogP contribution >= 0.6 is 0 Å². The van der Waals surface area contributed by atoms with Crippen molar-refractivity contribution in [3.63, 3.8) is 0 Å². The van der Waals surface area contributed by atoms with Gasteiger partial charge in [-0.25, -0.2) is 0 Å². The summed E-state index contributed by atoms with van der Waals surface area (Å²) in [7, 11) is 3.40. The number of aryl methyl sites for hydroxylation is 1. The lowest BCUT2D eigenvalue weighted by Gasteiger charge is -2.35. The van der Waals surface area contributed by atoms with Crippen LogP contribution in [0.5, 0.6) is 11.5 Å². The summed E-state index contributed by atoms with van der Waals surface area (Å²) >= 11 is 0. The summed E-state index contributed by atoms with van der Waals surface area (Å²) in [6.45, 7) is 2.02. The zero-order valence-electron chi connectivity index (χ0n) is 10.1. The van der Waals surface area contributed by atoms with Gasteiger partial charge in [-0.2, -0.15) is 0 Å². The Kier molecular flexibility index (Phi) is 3.06. The molecule has 3 nitrogen and oxygen atoms in total. The largest absolute Gasteiger partial charge is 0.496 e. The first-order chi connectivity index (χ1) is 7.67. The Labute approximate surface area is 96.5 Å². The Morgan fingerprint density at radius 2 is 1.81 bits per heavy atom. The molecule has 88 valence electrons. The van der Waals surface area contributed by atoms with E-state index in [4.69, 9.17) is 15.2 Å². The molecular formula is C13H19NO2. The van der Waals surface area contributed by atoms with E-state index in [1.165, 1.54) is 5.56 Å². The molecule has 0 saturated heterocycles. The number of benzene rings is 1. The van der Waals surface area contributed by atoms with Gasteiger partial charge < -0.3 is 15.2 Å². The topological polar surface area (TPSA) is 44.5 Å². The van der Waals surface area contributed by atoms with Crippen molar-refractivity contribution in [1.82, 2.24) is 0 Å².